The number of hydrogen-bond acceptors (Lipinski definition) is 0. The molecule has 1 aliphatic carbocycles. The second-order valence-electron chi connectivity index (χ2n) is 8.12. The number of rotatable bonds is 11. The molecule has 24 heavy (non-hydrogen) atoms. The Morgan fingerprint density at radius 1 is 0.708 bits per heavy atom. The first-order valence-corrected chi connectivity index (χ1v) is 10.9. The lowest BCUT2D eigenvalue weighted by Crippen LogP contribution is -2.13. The zero-order valence-electron chi connectivity index (χ0n) is 16.4. The van der Waals surface area contributed by atoms with E-state index in [2.05, 4.69) is 38.1 Å². The predicted molar refractivity (Wildman–Crippen MR) is 108 cm³/mol. The molecule has 1 saturated carbocycles. The Balaban J connectivity index is 1.59. The van der Waals surface area contributed by atoms with Crippen LogP contribution in [0.15, 0.2) is 24.3 Å². The minimum Gasteiger partial charge on any atom is -0.0654 e. The van der Waals surface area contributed by atoms with Gasteiger partial charge >= 0.3 is 0 Å². The van der Waals surface area contributed by atoms with E-state index >= 15 is 0 Å². The van der Waals surface area contributed by atoms with Crippen LogP contribution in [0.4, 0.5) is 0 Å². The Labute approximate surface area is 151 Å². The van der Waals surface area contributed by atoms with Crippen molar-refractivity contribution in [2.75, 3.05) is 0 Å². The highest BCUT2D eigenvalue weighted by atomic mass is 14.3. The fourth-order valence-corrected chi connectivity index (χ4v) is 4.42. The van der Waals surface area contributed by atoms with Crippen molar-refractivity contribution in [1.29, 1.82) is 0 Å². The second kappa shape index (κ2) is 11.7. The molecule has 0 spiro atoms. The van der Waals surface area contributed by atoms with E-state index < -0.39 is 0 Å². The normalized spacial score (nSPS) is 21.1. The van der Waals surface area contributed by atoms with Crippen molar-refractivity contribution in [3.8, 4) is 0 Å². The highest BCUT2D eigenvalue weighted by Gasteiger charge is 2.21. The van der Waals surface area contributed by atoms with E-state index in [0.29, 0.717) is 0 Å². The summed E-state index contributed by atoms with van der Waals surface area (Å²) in [7, 11) is 0. The van der Waals surface area contributed by atoms with Crippen LogP contribution in [-0.2, 0) is 6.42 Å². The molecule has 136 valence electrons. The van der Waals surface area contributed by atoms with E-state index in [-0.39, 0.29) is 0 Å². The maximum atomic E-state index is 2.41. The summed E-state index contributed by atoms with van der Waals surface area (Å²) in [6.07, 6.45) is 19.9. The molecule has 0 amide bonds. The van der Waals surface area contributed by atoms with E-state index in [0.717, 1.165) is 11.8 Å². The molecule has 0 nitrogen and oxygen atoms in total. The van der Waals surface area contributed by atoms with Crippen molar-refractivity contribution in [3.63, 3.8) is 0 Å². The van der Waals surface area contributed by atoms with Gasteiger partial charge in [0.1, 0.15) is 0 Å². The molecule has 0 unspecified atom stereocenters. The first kappa shape index (κ1) is 19.5. The van der Waals surface area contributed by atoms with Crippen LogP contribution in [0.2, 0.25) is 0 Å². The average molecular weight is 329 g/mol. The van der Waals surface area contributed by atoms with Gasteiger partial charge in [-0.15, -0.1) is 0 Å². The number of unbranched alkanes of at least 4 members (excludes halogenated alkanes) is 6. The van der Waals surface area contributed by atoms with Crippen molar-refractivity contribution >= 4 is 0 Å². The highest BCUT2D eigenvalue weighted by molar-refractivity contribution is 5.25. The summed E-state index contributed by atoms with van der Waals surface area (Å²) in [6, 6.07) is 9.55. The van der Waals surface area contributed by atoms with Crippen LogP contribution in [0.1, 0.15) is 114 Å². The van der Waals surface area contributed by atoms with E-state index in [1.54, 1.807) is 5.56 Å². The van der Waals surface area contributed by atoms with E-state index in [1.807, 2.05) is 0 Å². The highest BCUT2D eigenvalue weighted by Crippen LogP contribution is 2.37. The standard InChI is InChI=1S/C24H40/c1-3-5-6-7-8-9-10-12-22-15-19-24(20-16-22)23-17-13-21(11-4-2)14-18-23/h13-14,17-18,22,24H,3-12,15-16,19-20H2,1-2H3. The zero-order valence-corrected chi connectivity index (χ0v) is 16.4. The Hall–Kier alpha value is -0.780. The third kappa shape index (κ3) is 6.99. The average Bonchev–Trinajstić information content (AvgIpc) is 2.62. The fraction of sp³-hybridized carbons (Fsp3) is 0.750. The molecule has 0 N–H and O–H groups in total. The SMILES string of the molecule is CCCCCCCCCC1CCC(c2ccc(CCC)cc2)CC1. The van der Waals surface area contributed by atoms with Crippen molar-refractivity contribution < 1.29 is 0 Å². The van der Waals surface area contributed by atoms with Gasteiger partial charge in [0.05, 0.1) is 0 Å². The van der Waals surface area contributed by atoms with Crippen LogP contribution in [-0.4, -0.2) is 0 Å². The van der Waals surface area contributed by atoms with Gasteiger partial charge in [0, 0.05) is 0 Å². The molecule has 0 heterocycles. The Morgan fingerprint density at radius 3 is 1.96 bits per heavy atom. The second-order valence-corrected chi connectivity index (χ2v) is 8.12. The number of aryl methyl sites for hydroxylation is 1. The van der Waals surface area contributed by atoms with Crippen LogP contribution >= 0.6 is 0 Å². The quantitative estimate of drug-likeness (QED) is 0.360. The molecule has 1 aliphatic rings. The molecule has 1 aromatic carbocycles. The summed E-state index contributed by atoms with van der Waals surface area (Å²) >= 11 is 0. The third-order valence-electron chi connectivity index (χ3n) is 6.05. The molecule has 0 atom stereocenters. The van der Waals surface area contributed by atoms with Crippen LogP contribution in [0, 0.1) is 5.92 Å². The molecule has 0 aliphatic heterocycles. The third-order valence-corrected chi connectivity index (χ3v) is 6.05. The summed E-state index contributed by atoms with van der Waals surface area (Å²) < 4.78 is 0. The molecule has 1 aromatic rings. The number of benzene rings is 1. The largest absolute Gasteiger partial charge is 0.0654 e. The summed E-state index contributed by atoms with van der Waals surface area (Å²) in [5, 5.41) is 0. The van der Waals surface area contributed by atoms with Gasteiger partial charge in [0.15, 0.2) is 0 Å². The van der Waals surface area contributed by atoms with Crippen LogP contribution in [0.3, 0.4) is 0 Å². The number of hydrogen-bond donors (Lipinski definition) is 0. The van der Waals surface area contributed by atoms with Crippen LogP contribution in [0.5, 0.6) is 0 Å². The molecule has 1 fully saturated rings. The van der Waals surface area contributed by atoms with Gasteiger partial charge in [0.2, 0.25) is 0 Å². The molecule has 0 heteroatoms. The summed E-state index contributed by atoms with van der Waals surface area (Å²) in [6.45, 7) is 4.57. The van der Waals surface area contributed by atoms with E-state index in [1.165, 1.54) is 95.5 Å². The fourth-order valence-electron chi connectivity index (χ4n) is 4.42. The first-order valence-electron chi connectivity index (χ1n) is 10.9. The van der Waals surface area contributed by atoms with Gasteiger partial charge in [-0.25, -0.2) is 0 Å². The minimum absolute atomic E-state index is 0.839. The van der Waals surface area contributed by atoms with Gasteiger partial charge in [0.25, 0.3) is 0 Å². The predicted octanol–water partition coefficient (Wildman–Crippen LogP) is 8.05. The Morgan fingerprint density at radius 2 is 1.33 bits per heavy atom. The molecular weight excluding hydrogens is 288 g/mol. The van der Waals surface area contributed by atoms with Crippen molar-refractivity contribution in [1.82, 2.24) is 0 Å². The molecule has 0 aromatic heterocycles. The maximum Gasteiger partial charge on any atom is -0.0162 e. The van der Waals surface area contributed by atoms with E-state index in [9.17, 15) is 0 Å². The molecule has 0 bridgehead atoms. The topological polar surface area (TPSA) is 0 Å². The van der Waals surface area contributed by atoms with Gasteiger partial charge in [-0.1, -0.05) is 95.9 Å². The molecule has 0 radical (unpaired) electrons. The lowest BCUT2D eigenvalue weighted by molar-refractivity contribution is 0.302. The lowest BCUT2D eigenvalue weighted by atomic mass is 9.77. The summed E-state index contributed by atoms with van der Waals surface area (Å²) in [4.78, 5) is 0. The van der Waals surface area contributed by atoms with Crippen LogP contribution in [0.25, 0.3) is 0 Å². The lowest BCUT2D eigenvalue weighted by Gasteiger charge is -2.29. The van der Waals surface area contributed by atoms with Crippen molar-refractivity contribution in [3.05, 3.63) is 35.4 Å². The van der Waals surface area contributed by atoms with Gasteiger partial charge < -0.3 is 0 Å². The van der Waals surface area contributed by atoms with Gasteiger partial charge in [-0.05, 0) is 55.1 Å². The minimum atomic E-state index is 0.839. The van der Waals surface area contributed by atoms with Gasteiger partial charge in [-0.2, -0.15) is 0 Å². The Kier molecular flexibility index (Phi) is 9.54. The first-order chi connectivity index (χ1) is 11.8. The zero-order chi connectivity index (χ0) is 17.0. The van der Waals surface area contributed by atoms with Crippen molar-refractivity contribution in [2.45, 2.75) is 110 Å². The smallest absolute Gasteiger partial charge is 0.0162 e. The monoisotopic (exact) mass is 328 g/mol. The summed E-state index contributed by atoms with van der Waals surface area (Å²) in [5.74, 6) is 1.86. The summed E-state index contributed by atoms with van der Waals surface area (Å²) in [5.41, 5.74) is 3.11. The van der Waals surface area contributed by atoms with Crippen molar-refractivity contribution in [2.24, 2.45) is 5.92 Å². The molecule has 2 rings (SSSR count). The Bertz CT molecular complexity index is 408. The molecular formula is C24H40. The maximum absolute atomic E-state index is 2.41. The van der Waals surface area contributed by atoms with Crippen LogP contribution < -0.4 is 0 Å². The van der Waals surface area contributed by atoms with E-state index in [4.69, 9.17) is 0 Å². The van der Waals surface area contributed by atoms with Gasteiger partial charge in [-0.3, -0.25) is 0 Å². The molecule has 0 saturated heterocycles.